The molecule has 16 nitrogen and oxygen atoms in total. The summed E-state index contributed by atoms with van der Waals surface area (Å²) in [5, 5.41) is 8.41. The molecule has 10 rings (SSSR count). The van der Waals surface area contributed by atoms with Gasteiger partial charge in [0.15, 0.2) is 0 Å². The Balaban J connectivity index is 0.769. The van der Waals surface area contributed by atoms with E-state index in [0.29, 0.717) is 82.4 Å². The Morgan fingerprint density at radius 2 is 1.06 bits per heavy atom. The predicted molar refractivity (Wildman–Crippen MR) is 256 cm³/mol. The van der Waals surface area contributed by atoms with Crippen molar-refractivity contribution in [3.8, 4) is 0 Å². The fraction of sp³-hybridized carbons (Fsp3) is 0.560. The van der Waals surface area contributed by atoms with Crippen LogP contribution in [-0.4, -0.2) is 156 Å². The maximum absolute atomic E-state index is 15.0. The molecular weight excluding hydrogens is 947 g/mol. The lowest BCUT2D eigenvalue weighted by atomic mass is 9.97. The average Bonchev–Trinajstić information content (AvgIpc) is 4.18. The third kappa shape index (κ3) is 9.99. The summed E-state index contributed by atoms with van der Waals surface area (Å²) < 4.78 is 89.7. The number of hydrogen-bond acceptors (Lipinski definition) is 10. The Hall–Kier alpha value is -6.16. The number of carbonyl (C=O) groups excluding carboxylic acids is 4. The van der Waals surface area contributed by atoms with E-state index in [1.165, 1.54) is 71.4 Å². The summed E-state index contributed by atoms with van der Waals surface area (Å²) in [5.41, 5.74) is 1.31. The van der Waals surface area contributed by atoms with Crippen LogP contribution in [0.25, 0.3) is 0 Å². The molecule has 0 N–H and O–H groups in total. The van der Waals surface area contributed by atoms with Crippen LogP contribution in [0.1, 0.15) is 60.4 Å². The number of fused-ring (bicyclic) bond motifs is 2. The van der Waals surface area contributed by atoms with E-state index in [-0.39, 0.29) is 65.5 Å². The Kier molecular flexibility index (Phi) is 13.3. The first-order valence-electron chi connectivity index (χ1n) is 24.8. The second-order valence-electron chi connectivity index (χ2n) is 20.7. The Labute approximate surface area is 413 Å². The van der Waals surface area contributed by atoms with Crippen molar-refractivity contribution < 1.29 is 45.5 Å². The minimum Gasteiger partial charge on any atom is -0.372 e. The van der Waals surface area contributed by atoms with Gasteiger partial charge >= 0.3 is 24.4 Å². The van der Waals surface area contributed by atoms with Crippen molar-refractivity contribution >= 4 is 46.6 Å². The van der Waals surface area contributed by atoms with E-state index in [1.54, 1.807) is 29.0 Å². The van der Waals surface area contributed by atoms with Crippen molar-refractivity contribution in [3.63, 3.8) is 0 Å². The molecule has 4 atom stereocenters. The summed E-state index contributed by atoms with van der Waals surface area (Å²) in [4.78, 5) is 67.2. The fourth-order valence-corrected chi connectivity index (χ4v) is 11.9. The van der Waals surface area contributed by atoms with Crippen molar-refractivity contribution in [2.75, 3.05) is 112 Å². The molecule has 4 aromatic rings. The lowest BCUT2D eigenvalue weighted by Crippen LogP contribution is -2.36. The second-order valence-corrected chi connectivity index (χ2v) is 20.7. The number of hydrogen-bond donors (Lipinski definition) is 0. The lowest BCUT2D eigenvalue weighted by molar-refractivity contribution is -0.139. The van der Waals surface area contributed by atoms with E-state index in [9.17, 15) is 32.3 Å². The highest BCUT2D eigenvalue weighted by molar-refractivity contribution is 5.95. The number of anilines is 4. The van der Waals surface area contributed by atoms with E-state index in [0.717, 1.165) is 49.1 Å². The van der Waals surface area contributed by atoms with Crippen molar-refractivity contribution in [2.24, 2.45) is 23.7 Å². The van der Waals surface area contributed by atoms with Gasteiger partial charge in [0.05, 0.1) is 53.7 Å². The molecule has 4 amide bonds. The van der Waals surface area contributed by atoms with Crippen LogP contribution in [0.4, 0.5) is 58.7 Å². The SMILES string of the molecule is CC(=O)N(C)c1cnn(C(=O)N2CC3CN(Cc4cc(C(F)(F)F)c(CC(=O)N(C)c5cnn(C(=O)N6CC7CN(Cc8cc(N9CCCC9)ccc8C(F)(F)F)CC7C6)c5)cc4N4CCCC4)CC3C2)c1. The molecule has 0 bridgehead atoms. The molecule has 6 fully saturated rings. The van der Waals surface area contributed by atoms with Crippen LogP contribution in [0.2, 0.25) is 0 Å². The van der Waals surface area contributed by atoms with Gasteiger partial charge < -0.3 is 29.4 Å². The van der Waals surface area contributed by atoms with Crippen molar-refractivity contribution in [2.45, 2.75) is 64.5 Å². The van der Waals surface area contributed by atoms with Gasteiger partial charge in [0.1, 0.15) is 0 Å². The van der Waals surface area contributed by atoms with Gasteiger partial charge in [0.2, 0.25) is 11.8 Å². The first kappa shape index (κ1) is 49.4. The van der Waals surface area contributed by atoms with Gasteiger partial charge in [0.25, 0.3) is 0 Å². The topological polar surface area (TPSA) is 130 Å². The molecule has 6 saturated heterocycles. The quantitative estimate of drug-likeness (QED) is 0.161. The van der Waals surface area contributed by atoms with Crippen LogP contribution in [-0.2, 0) is 41.5 Å². The van der Waals surface area contributed by atoms with E-state index < -0.39 is 41.8 Å². The van der Waals surface area contributed by atoms with E-state index >= 15 is 13.2 Å². The molecule has 8 heterocycles. The summed E-state index contributed by atoms with van der Waals surface area (Å²) in [6.07, 6.45) is -0.301. The van der Waals surface area contributed by atoms with Gasteiger partial charge in [-0.05, 0) is 96.4 Å². The molecule has 0 saturated carbocycles. The Morgan fingerprint density at radius 3 is 1.54 bits per heavy atom. The summed E-state index contributed by atoms with van der Waals surface area (Å²) in [6, 6.07) is 6.41. The third-order valence-electron chi connectivity index (χ3n) is 15.9. The Bertz CT molecular complexity index is 2680. The summed E-state index contributed by atoms with van der Waals surface area (Å²) in [5.74, 6) is -0.472. The normalized spacial score (nSPS) is 22.6. The molecule has 6 aliphatic rings. The number of aromatic nitrogens is 4. The molecule has 0 spiro atoms. The van der Waals surface area contributed by atoms with E-state index in [1.807, 2.05) is 4.90 Å². The van der Waals surface area contributed by atoms with Gasteiger partial charge in [0, 0.05) is 124 Å². The monoisotopic (exact) mass is 1010 g/mol. The first-order valence-corrected chi connectivity index (χ1v) is 24.8. The highest BCUT2D eigenvalue weighted by Crippen LogP contribution is 2.41. The molecule has 72 heavy (non-hydrogen) atoms. The predicted octanol–water partition coefficient (Wildman–Crippen LogP) is 6.57. The van der Waals surface area contributed by atoms with Crippen molar-refractivity contribution in [1.29, 1.82) is 0 Å². The smallest absolute Gasteiger partial charge is 0.372 e. The lowest BCUT2D eigenvalue weighted by Gasteiger charge is -2.28. The van der Waals surface area contributed by atoms with Crippen LogP contribution < -0.4 is 19.6 Å². The second kappa shape index (κ2) is 19.4. The van der Waals surface area contributed by atoms with Crippen LogP contribution in [0.3, 0.4) is 0 Å². The number of amides is 4. The van der Waals surface area contributed by atoms with Gasteiger partial charge in [-0.3, -0.25) is 19.4 Å². The summed E-state index contributed by atoms with van der Waals surface area (Å²) >= 11 is 0. The largest absolute Gasteiger partial charge is 0.416 e. The van der Waals surface area contributed by atoms with E-state index in [2.05, 4.69) is 24.9 Å². The molecule has 2 aromatic heterocycles. The highest BCUT2D eigenvalue weighted by atomic mass is 19.4. The number of benzene rings is 2. The molecule has 6 aliphatic heterocycles. The van der Waals surface area contributed by atoms with E-state index in [4.69, 9.17) is 0 Å². The van der Waals surface area contributed by atoms with Crippen LogP contribution in [0.5, 0.6) is 0 Å². The molecule has 4 unspecified atom stereocenters. The number of likely N-dealkylation sites (tertiary alicyclic amines) is 4. The number of nitrogens with zero attached hydrogens (tertiary/aromatic N) is 12. The number of carbonyl (C=O) groups is 4. The highest BCUT2D eigenvalue weighted by Gasteiger charge is 2.45. The zero-order chi connectivity index (χ0) is 50.8. The maximum atomic E-state index is 15.0. The molecular formula is C50H60F6N12O4. The van der Waals surface area contributed by atoms with Crippen LogP contribution in [0, 0.1) is 23.7 Å². The van der Waals surface area contributed by atoms with Gasteiger partial charge in [-0.15, -0.1) is 0 Å². The minimum absolute atomic E-state index is 0.0500. The maximum Gasteiger partial charge on any atom is 0.416 e. The molecule has 2 aromatic carbocycles. The van der Waals surface area contributed by atoms with Crippen LogP contribution >= 0.6 is 0 Å². The van der Waals surface area contributed by atoms with Crippen LogP contribution in [0.15, 0.2) is 55.1 Å². The standard InChI is InChI=1S/C50H60F6N12O4/c1-32(69)59(2)41-18-57-67(30-41)47(71)65-28-38-24-62(25-39(38)29-65)21-35-15-44(50(54,55)56)33(16-45(35)64-12-6-7-13-64)17-46(70)60(3)42-19-58-68(31-42)48(72)66-26-36-22-61(23-37(36)27-66)20-34-14-40(63-10-4-5-11-63)8-9-43(34)49(51,52)53/h8-9,14-16,18-19,30-31,36-39H,4-7,10-13,17,20-29H2,1-3H3. The van der Waals surface area contributed by atoms with Crippen molar-refractivity contribution in [3.05, 3.63) is 82.9 Å². The Morgan fingerprint density at radius 1 is 0.583 bits per heavy atom. The minimum atomic E-state index is -4.76. The zero-order valence-corrected chi connectivity index (χ0v) is 40.7. The number of alkyl halides is 6. The van der Waals surface area contributed by atoms with Gasteiger partial charge in [-0.25, -0.2) is 9.59 Å². The summed E-state index contributed by atoms with van der Waals surface area (Å²) in [6.45, 7) is 8.78. The molecule has 22 heteroatoms. The van der Waals surface area contributed by atoms with Crippen molar-refractivity contribution in [1.82, 2.24) is 39.2 Å². The zero-order valence-electron chi connectivity index (χ0n) is 40.7. The van der Waals surface area contributed by atoms with Gasteiger partial charge in [-0.1, -0.05) is 0 Å². The first-order chi connectivity index (χ1) is 34.3. The van der Waals surface area contributed by atoms with Gasteiger partial charge in [-0.2, -0.15) is 45.9 Å². The number of likely N-dealkylation sites (N-methyl/N-ethyl adjacent to an activating group) is 1. The average molecular weight is 1010 g/mol. The molecule has 386 valence electrons. The number of halogens is 6. The molecule has 0 radical (unpaired) electrons. The fourth-order valence-electron chi connectivity index (χ4n) is 11.9. The molecule has 0 aliphatic carbocycles. The summed E-state index contributed by atoms with van der Waals surface area (Å²) in [7, 11) is 3.04. The third-order valence-corrected chi connectivity index (χ3v) is 15.9. The number of rotatable bonds is 10.